The minimum absolute atomic E-state index is 0.0516. The van der Waals surface area contributed by atoms with Gasteiger partial charge in [0.15, 0.2) is 0 Å². The van der Waals surface area contributed by atoms with E-state index in [0.717, 1.165) is 12.7 Å². The van der Waals surface area contributed by atoms with Crippen molar-refractivity contribution in [3.63, 3.8) is 0 Å². The molecule has 0 aromatic heterocycles. The predicted molar refractivity (Wildman–Crippen MR) is 117 cm³/mol. The molecule has 0 spiro atoms. The molecule has 1 amide bonds. The molecule has 3 aromatic rings. The van der Waals surface area contributed by atoms with Crippen LogP contribution in [0.1, 0.15) is 5.56 Å². The van der Waals surface area contributed by atoms with Gasteiger partial charge in [0, 0.05) is 0 Å². The van der Waals surface area contributed by atoms with Crippen molar-refractivity contribution in [1.29, 1.82) is 0 Å². The van der Waals surface area contributed by atoms with Crippen LogP contribution in [0, 0.1) is 0 Å². The quantitative estimate of drug-likeness (QED) is 0.367. The van der Waals surface area contributed by atoms with E-state index < -0.39 is 25.4 Å². The summed E-state index contributed by atoms with van der Waals surface area (Å²) in [6, 6.07) is 25.3. The molecule has 1 atom stereocenters. The maximum atomic E-state index is 13.8. The van der Waals surface area contributed by atoms with Crippen LogP contribution in [-0.2, 0) is 25.4 Å². The second kappa shape index (κ2) is 11.0. The molecule has 0 saturated carbocycles. The highest BCUT2D eigenvalue weighted by molar-refractivity contribution is 7.56. The molecular weight excluding hydrogens is 433 g/mol. The lowest BCUT2D eigenvalue weighted by atomic mass is 10.2. The van der Waals surface area contributed by atoms with Gasteiger partial charge in [0.25, 0.3) is 5.78 Å². The fourth-order valence-electron chi connectivity index (χ4n) is 2.64. The Morgan fingerprint density at radius 3 is 1.75 bits per heavy atom. The summed E-state index contributed by atoms with van der Waals surface area (Å²) >= 11 is 0. The Morgan fingerprint density at radius 2 is 1.28 bits per heavy atom. The second-order valence-electron chi connectivity index (χ2n) is 6.48. The van der Waals surface area contributed by atoms with Crippen LogP contribution in [0.4, 0.5) is 4.79 Å². The molecule has 0 aliphatic rings. The number of amides is 1. The SMILES string of the molecule is COC(=O)C(NC(=O)OCc1ccccc1)P(=O)(Oc1ccccc1)Oc1ccccc1. The van der Waals surface area contributed by atoms with Crippen molar-refractivity contribution in [2.24, 2.45) is 0 Å². The van der Waals surface area contributed by atoms with Crippen molar-refractivity contribution in [2.75, 3.05) is 7.11 Å². The summed E-state index contributed by atoms with van der Waals surface area (Å²) in [5, 5.41) is 2.27. The first-order valence-corrected chi connectivity index (χ1v) is 11.3. The van der Waals surface area contributed by atoms with Crippen molar-refractivity contribution < 1.29 is 32.7 Å². The largest absolute Gasteiger partial charge is 0.467 e. The van der Waals surface area contributed by atoms with E-state index in [1.165, 1.54) is 0 Å². The van der Waals surface area contributed by atoms with Gasteiger partial charge in [0.2, 0.25) is 0 Å². The minimum Gasteiger partial charge on any atom is -0.467 e. The Morgan fingerprint density at radius 1 is 0.812 bits per heavy atom. The minimum atomic E-state index is -4.38. The van der Waals surface area contributed by atoms with Gasteiger partial charge in [0.1, 0.15) is 18.1 Å². The van der Waals surface area contributed by atoms with Crippen molar-refractivity contribution in [1.82, 2.24) is 5.32 Å². The number of methoxy groups -OCH3 is 1. The van der Waals surface area contributed by atoms with Crippen molar-refractivity contribution in [2.45, 2.75) is 12.4 Å². The molecule has 1 N–H and O–H groups in total. The van der Waals surface area contributed by atoms with Crippen molar-refractivity contribution >= 4 is 19.7 Å². The van der Waals surface area contributed by atoms with E-state index in [2.05, 4.69) is 5.32 Å². The fraction of sp³-hybridized carbons (Fsp3) is 0.130. The fourth-order valence-corrected chi connectivity index (χ4v) is 4.34. The molecular formula is C23H22NO7P. The van der Waals surface area contributed by atoms with E-state index in [4.69, 9.17) is 18.5 Å². The van der Waals surface area contributed by atoms with E-state index >= 15 is 0 Å². The van der Waals surface area contributed by atoms with E-state index in [0.29, 0.717) is 0 Å². The van der Waals surface area contributed by atoms with Crippen LogP contribution in [0.2, 0.25) is 0 Å². The standard InChI is InChI=1S/C23H22NO7P/c1-28-22(25)21(24-23(26)29-17-18-11-5-2-6-12-18)32(27,30-19-13-7-3-8-14-19)31-20-15-9-4-10-16-20/h2-16,21H,17H2,1H3,(H,24,26). The summed E-state index contributed by atoms with van der Waals surface area (Å²) in [4.78, 5) is 24.9. The lowest BCUT2D eigenvalue weighted by Gasteiger charge is -2.26. The molecule has 0 aliphatic carbocycles. The molecule has 8 nitrogen and oxygen atoms in total. The molecule has 1 unspecified atom stereocenters. The first kappa shape index (κ1) is 22.9. The Kier molecular flexibility index (Phi) is 7.89. The summed E-state index contributed by atoms with van der Waals surface area (Å²) in [5.41, 5.74) is 0.738. The van der Waals surface area contributed by atoms with Crippen LogP contribution in [0.5, 0.6) is 11.5 Å². The van der Waals surface area contributed by atoms with Crippen LogP contribution in [0.25, 0.3) is 0 Å². The van der Waals surface area contributed by atoms with Crippen LogP contribution in [0.15, 0.2) is 91.0 Å². The van der Waals surface area contributed by atoms with Crippen LogP contribution >= 0.6 is 7.60 Å². The van der Waals surface area contributed by atoms with Crippen molar-refractivity contribution in [3.05, 3.63) is 96.6 Å². The second-order valence-corrected chi connectivity index (χ2v) is 8.44. The van der Waals surface area contributed by atoms with Crippen LogP contribution in [-0.4, -0.2) is 25.0 Å². The van der Waals surface area contributed by atoms with Gasteiger partial charge in [0.05, 0.1) is 7.11 Å². The first-order chi connectivity index (χ1) is 15.5. The Hall–Kier alpha value is -3.77. The number of hydrogen-bond donors (Lipinski definition) is 1. The number of para-hydroxylation sites is 2. The number of rotatable bonds is 9. The number of ether oxygens (including phenoxy) is 2. The number of benzene rings is 3. The number of hydrogen-bond acceptors (Lipinski definition) is 7. The average molecular weight is 455 g/mol. The van der Waals surface area contributed by atoms with Gasteiger partial charge in [-0.05, 0) is 29.8 Å². The molecule has 0 bridgehead atoms. The zero-order valence-corrected chi connectivity index (χ0v) is 18.1. The van der Waals surface area contributed by atoms with Gasteiger partial charge in [-0.25, -0.2) is 14.2 Å². The van der Waals surface area contributed by atoms with E-state index in [1.807, 2.05) is 6.07 Å². The number of carbonyl (C=O) groups is 2. The van der Waals surface area contributed by atoms with Gasteiger partial charge in [-0.2, -0.15) is 0 Å². The highest BCUT2D eigenvalue weighted by Crippen LogP contribution is 2.52. The van der Waals surface area contributed by atoms with Gasteiger partial charge in [-0.1, -0.05) is 66.7 Å². The number of nitrogens with one attached hydrogen (secondary N) is 1. The van der Waals surface area contributed by atoms with Crippen LogP contribution < -0.4 is 14.4 Å². The zero-order valence-electron chi connectivity index (χ0n) is 17.2. The third-order valence-electron chi connectivity index (χ3n) is 4.16. The van der Waals surface area contributed by atoms with Gasteiger partial charge < -0.3 is 18.5 Å². The Balaban J connectivity index is 1.85. The zero-order chi connectivity index (χ0) is 22.8. The number of carbonyl (C=O) groups excluding carboxylic acids is 2. The Bertz CT molecular complexity index is 1020. The molecule has 3 aromatic carbocycles. The third-order valence-corrected chi connectivity index (χ3v) is 6.06. The molecule has 0 heterocycles. The maximum Gasteiger partial charge on any atom is 0.464 e. The number of esters is 1. The van der Waals surface area contributed by atoms with E-state index in [-0.39, 0.29) is 18.1 Å². The summed E-state index contributed by atoms with van der Waals surface area (Å²) < 4.78 is 35.0. The summed E-state index contributed by atoms with van der Waals surface area (Å²) in [5.74, 6) is -2.44. The van der Waals surface area contributed by atoms with Gasteiger partial charge in [-0.3, -0.25) is 5.32 Å². The summed E-state index contributed by atoms with van der Waals surface area (Å²) in [6.07, 6.45) is -0.988. The lowest BCUT2D eigenvalue weighted by Crippen LogP contribution is -2.43. The number of alkyl carbamates (subject to hydrolysis) is 1. The summed E-state index contributed by atoms with van der Waals surface area (Å²) in [7, 11) is -3.28. The third kappa shape index (κ3) is 6.36. The normalized spacial score (nSPS) is 11.7. The first-order valence-electron chi connectivity index (χ1n) is 9.64. The van der Waals surface area contributed by atoms with Crippen molar-refractivity contribution in [3.8, 4) is 11.5 Å². The topological polar surface area (TPSA) is 100 Å². The van der Waals surface area contributed by atoms with Gasteiger partial charge in [-0.15, -0.1) is 0 Å². The molecule has 0 fully saturated rings. The van der Waals surface area contributed by atoms with Crippen LogP contribution in [0.3, 0.4) is 0 Å². The maximum absolute atomic E-state index is 13.8. The van der Waals surface area contributed by atoms with E-state index in [9.17, 15) is 14.2 Å². The molecule has 3 rings (SSSR count). The molecule has 166 valence electrons. The monoisotopic (exact) mass is 455 g/mol. The Labute approximate surface area is 185 Å². The van der Waals surface area contributed by atoms with E-state index in [1.54, 1.807) is 84.9 Å². The molecule has 0 radical (unpaired) electrons. The molecule has 0 saturated heterocycles. The summed E-state index contributed by atoms with van der Waals surface area (Å²) in [6.45, 7) is -0.0516. The smallest absolute Gasteiger partial charge is 0.464 e. The highest BCUT2D eigenvalue weighted by Gasteiger charge is 2.47. The average Bonchev–Trinajstić information content (AvgIpc) is 2.82. The highest BCUT2D eigenvalue weighted by atomic mass is 31.2. The lowest BCUT2D eigenvalue weighted by molar-refractivity contribution is -0.141. The predicted octanol–water partition coefficient (Wildman–Crippen LogP) is 4.76. The molecule has 9 heteroatoms. The van der Waals surface area contributed by atoms with Gasteiger partial charge >= 0.3 is 19.7 Å². The molecule has 32 heavy (non-hydrogen) atoms. The molecule has 0 aliphatic heterocycles.